The highest BCUT2D eigenvalue weighted by Gasteiger charge is 2.37. The summed E-state index contributed by atoms with van der Waals surface area (Å²) < 4.78 is 11.0. The Kier molecular flexibility index (Phi) is 9.93. The maximum Gasteiger partial charge on any atom is 0.300 e. The molecule has 0 spiro atoms. The van der Waals surface area contributed by atoms with Gasteiger partial charge in [-0.2, -0.15) is 0 Å². The number of carbonyl (C=O) groups excluding carboxylic acids is 2. The molecule has 1 saturated carbocycles. The van der Waals surface area contributed by atoms with Crippen molar-refractivity contribution in [3.63, 3.8) is 0 Å². The van der Waals surface area contributed by atoms with E-state index in [9.17, 15) is 9.59 Å². The van der Waals surface area contributed by atoms with Gasteiger partial charge in [-0.1, -0.05) is 13.0 Å². The van der Waals surface area contributed by atoms with Crippen LogP contribution in [0.25, 0.3) is 0 Å². The molecule has 9 heteroatoms. The number of anilines is 1. The number of aliphatic carboxylic acids is 1. The van der Waals surface area contributed by atoms with Gasteiger partial charge in [0, 0.05) is 50.3 Å². The van der Waals surface area contributed by atoms with Gasteiger partial charge < -0.3 is 30.1 Å². The van der Waals surface area contributed by atoms with E-state index in [1.165, 1.54) is 0 Å². The summed E-state index contributed by atoms with van der Waals surface area (Å²) in [4.78, 5) is 38.0. The summed E-state index contributed by atoms with van der Waals surface area (Å²) in [7, 11) is 1.60. The monoisotopic (exact) mass is 449 g/mol. The van der Waals surface area contributed by atoms with Crippen LogP contribution in [0.2, 0.25) is 0 Å². The second kappa shape index (κ2) is 12.4. The third-order valence-electron chi connectivity index (χ3n) is 5.62. The van der Waals surface area contributed by atoms with Crippen LogP contribution in [-0.4, -0.2) is 73.3 Å². The van der Waals surface area contributed by atoms with Crippen molar-refractivity contribution in [2.24, 2.45) is 11.7 Å². The molecule has 3 N–H and O–H groups in total. The van der Waals surface area contributed by atoms with E-state index in [2.05, 4.69) is 6.92 Å². The average Bonchev–Trinajstić information content (AvgIpc) is 2.77. The van der Waals surface area contributed by atoms with Gasteiger partial charge in [0.25, 0.3) is 5.97 Å². The van der Waals surface area contributed by atoms with Crippen LogP contribution in [0, 0.1) is 5.92 Å². The molecule has 3 atom stereocenters. The number of ether oxygens (including phenoxy) is 2. The van der Waals surface area contributed by atoms with E-state index < -0.39 is 5.97 Å². The lowest BCUT2D eigenvalue weighted by atomic mass is 9.83. The molecular formula is C23H35N3O6. The van der Waals surface area contributed by atoms with Crippen molar-refractivity contribution in [3.05, 3.63) is 24.3 Å². The van der Waals surface area contributed by atoms with Crippen LogP contribution >= 0.6 is 0 Å². The third-order valence-corrected chi connectivity index (χ3v) is 5.62. The fraction of sp³-hybridized carbons (Fsp3) is 0.609. The average molecular weight is 450 g/mol. The highest BCUT2D eigenvalue weighted by molar-refractivity contribution is 5.98. The molecule has 178 valence electrons. The van der Waals surface area contributed by atoms with Crippen molar-refractivity contribution < 1.29 is 29.0 Å². The van der Waals surface area contributed by atoms with Gasteiger partial charge in [-0.15, -0.1) is 0 Å². The molecule has 9 nitrogen and oxygen atoms in total. The summed E-state index contributed by atoms with van der Waals surface area (Å²) in [6.07, 6.45) is 3.19. The van der Waals surface area contributed by atoms with Gasteiger partial charge in [0.05, 0.1) is 13.2 Å². The molecule has 1 aliphatic carbocycles. The Morgan fingerprint density at radius 2 is 1.97 bits per heavy atom. The smallest absolute Gasteiger partial charge is 0.300 e. The molecule has 1 aliphatic heterocycles. The SMILES string of the molecule is CC(=O)O.CCCO[C@@H]1CC[C@H](C(=O)N2CCN(c3cccc(OC)c3)C(=O)C2)C[C@H]1N. The van der Waals surface area contributed by atoms with Crippen molar-refractivity contribution in [2.45, 2.75) is 51.7 Å². The molecule has 1 saturated heterocycles. The number of carboxylic acid groups (broad SMARTS) is 1. The molecule has 32 heavy (non-hydrogen) atoms. The maximum atomic E-state index is 12.9. The van der Waals surface area contributed by atoms with Gasteiger partial charge in [-0.05, 0) is 37.8 Å². The van der Waals surface area contributed by atoms with Crippen molar-refractivity contribution in [3.8, 4) is 5.75 Å². The number of benzene rings is 1. The number of amides is 2. The molecule has 0 aromatic heterocycles. The first-order chi connectivity index (χ1) is 15.3. The van der Waals surface area contributed by atoms with Gasteiger partial charge >= 0.3 is 0 Å². The summed E-state index contributed by atoms with van der Waals surface area (Å²) in [6.45, 7) is 4.99. The summed E-state index contributed by atoms with van der Waals surface area (Å²) in [5.41, 5.74) is 7.05. The summed E-state index contributed by atoms with van der Waals surface area (Å²) in [5, 5.41) is 7.42. The number of carboxylic acids is 1. The molecule has 3 rings (SSSR count). The molecule has 1 aromatic rings. The molecule has 1 aromatic carbocycles. The predicted molar refractivity (Wildman–Crippen MR) is 121 cm³/mol. The molecule has 0 unspecified atom stereocenters. The lowest BCUT2D eigenvalue weighted by Crippen LogP contribution is -2.55. The standard InChI is InChI=1S/C21H31N3O4.C2H4O2/c1-3-11-28-19-8-7-15(12-18(19)22)21(26)23-9-10-24(20(25)14-23)16-5-4-6-17(13-16)27-2;1-2(3)4/h4-6,13,15,18-19H,3,7-12,14,22H2,1-2H3;1H3,(H,3,4)/t15-,18+,19+;/m0./s1. The largest absolute Gasteiger partial charge is 0.497 e. The zero-order valence-electron chi connectivity index (χ0n) is 19.2. The van der Waals surface area contributed by atoms with Crippen LogP contribution in [-0.2, 0) is 19.1 Å². The topological polar surface area (TPSA) is 122 Å². The molecule has 2 fully saturated rings. The first-order valence-corrected chi connectivity index (χ1v) is 11.1. The second-order valence-corrected chi connectivity index (χ2v) is 8.11. The van der Waals surface area contributed by atoms with Crippen LogP contribution in [0.4, 0.5) is 5.69 Å². The fourth-order valence-corrected chi connectivity index (χ4v) is 4.05. The Morgan fingerprint density at radius 1 is 1.25 bits per heavy atom. The minimum absolute atomic E-state index is 0.0375. The maximum absolute atomic E-state index is 12.9. The lowest BCUT2D eigenvalue weighted by molar-refractivity contribution is -0.142. The number of nitrogens with two attached hydrogens (primary N) is 1. The van der Waals surface area contributed by atoms with E-state index in [1.54, 1.807) is 16.9 Å². The number of nitrogens with zero attached hydrogens (tertiary/aromatic N) is 2. The third kappa shape index (κ3) is 7.20. The Morgan fingerprint density at radius 3 is 2.56 bits per heavy atom. The zero-order valence-corrected chi connectivity index (χ0v) is 19.2. The number of hydrogen-bond donors (Lipinski definition) is 2. The normalized spacial score (nSPS) is 23.2. The number of carbonyl (C=O) groups is 3. The van der Waals surface area contributed by atoms with Crippen LogP contribution in [0.5, 0.6) is 5.75 Å². The van der Waals surface area contributed by atoms with E-state index in [1.807, 2.05) is 24.3 Å². The number of rotatable bonds is 6. The minimum atomic E-state index is -0.833. The van der Waals surface area contributed by atoms with E-state index in [4.69, 9.17) is 25.1 Å². The van der Waals surface area contributed by atoms with E-state index >= 15 is 0 Å². The number of hydrogen-bond acceptors (Lipinski definition) is 6. The molecule has 2 aliphatic rings. The fourth-order valence-electron chi connectivity index (χ4n) is 4.05. The summed E-state index contributed by atoms with van der Waals surface area (Å²) in [6, 6.07) is 7.31. The summed E-state index contributed by atoms with van der Waals surface area (Å²) in [5.74, 6) is -0.271. The van der Waals surface area contributed by atoms with Crippen molar-refractivity contribution in [2.75, 3.05) is 38.3 Å². The highest BCUT2D eigenvalue weighted by atomic mass is 16.5. The van der Waals surface area contributed by atoms with Crippen molar-refractivity contribution >= 4 is 23.5 Å². The van der Waals surface area contributed by atoms with Gasteiger partial charge in [0.2, 0.25) is 11.8 Å². The molecule has 0 bridgehead atoms. The molecule has 0 radical (unpaired) electrons. The van der Waals surface area contributed by atoms with Gasteiger partial charge in [-0.25, -0.2) is 0 Å². The van der Waals surface area contributed by atoms with E-state index in [0.717, 1.165) is 31.9 Å². The summed E-state index contributed by atoms with van der Waals surface area (Å²) >= 11 is 0. The Bertz CT molecular complexity index is 783. The van der Waals surface area contributed by atoms with E-state index in [-0.39, 0.29) is 36.4 Å². The zero-order chi connectivity index (χ0) is 23.7. The van der Waals surface area contributed by atoms with Gasteiger partial charge in [0.1, 0.15) is 12.3 Å². The van der Waals surface area contributed by atoms with Gasteiger partial charge in [-0.3, -0.25) is 14.4 Å². The predicted octanol–water partition coefficient (Wildman–Crippen LogP) is 1.88. The van der Waals surface area contributed by atoms with E-state index in [0.29, 0.717) is 31.9 Å². The first kappa shape index (κ1) is 25.6. The lowest BCUT2D eigenvalue weighted by Gasteiger charge is -2.39. The van der Waals surface area contributed by atoms with Crippen molar-refractivity contribution in [1.82, 2.24) is 4.90 Å². The molecule has 2 amide bonds. The van der Waals surface area contributed by atoms with Crippen molar-refractivity contribution in [1.29, 1.82) is 0 Å². The van der Waals surface area contributed by atoms with Gasteiger partial charge in [0.15, 0.2) is 0 Å². The number of piperazine rings is 1. The first-order valence-electron chi connectivity index (χ1n) is 11.1. The second-order valence-electron chi connectivity index (χ2n) is 8.11. The number of methoxy groups -OCH3 is 1. The molecular weight excluding hydrogens is 414 g/mol. The van der Waals surface area contributed by atoms with Crippen LogP contribution in [0.15, 0.2) is 24.3 Å². The molecule has 1 heterocycles. The quantitative estimate of drug-likeness (QED) is 0.680. The minimum Gasteiger partial charge on any atom is -0.497 e. The highest BCUT2D eigenvalue weighted by Crippen LogP contribution is 2.29. The van der Waals surface area contributed by atoms with Crippen LogP contribution < -0.4 is 15.4 Å². The van der Waals surface area contributed by atoms with Crippen LogP contribution in [0.3, 0.4) is 0 Å². The Labute approximate surface area is 189 Å². The Hall–Kier alpha value is -2.65. The Balaban J connectivity index is 0.000000837. The van der Waals surface area contributed by atoms with Crippen LogP contribution in [0.1, 0.15) is 39.5 Å².